The summed E-state index contributed by atoms with van der Waals surface area (Å²) >= 11 is 0. The minimum atomic E-state index is -0.109. The van der Waals surface area contributed by atoms with E-state index in [-0.39, 0.29) is 11.6 Å². The van der Waals surface area contributed by atoms with E-state index in [1.165, 1.54) is 0 Å². The summed E-state index contributed by atoms with van der Waals surface area (Å²) in [6, 6.07) is 0.548. The first-order valence-electron chi connectivity index (χ1n) is 6.13. The molecule has 0 aromatic heterocycles. The number of carbonyl (C=O) groups excluding carboxylic acids is 1. The van der Waals surface area contributed by atoms with Gasteiger partial charge in [-0.3, -0.25) is 0 Å². The van der Waals surface area contributed by atoms with Crippen molar-refractivity contribution in [1.29, 1.82) is 0 Å². The monoisotopic (exact) mass is 227 g/mol. The highest BCUT2D eigenvalue weighted by atomic mass is 16.2. The molecule has 1 N–H and O–H groups in total. The third kappa shape index (κ3) is 2.48. The van der Waals surface area contributed by atoms with Crippen molar-refractivity contribution in [3.8, 4) is 0 Å². The smallest absolute Gasteiger partial charge is 0.320 e. The average Bonchev–Trinajstić information content (AvgIpc) is 2.47. The number of hydrogen-bond acceptors (Lipinski definition) is 2. The fourth-order valence-corrected chi connectivity index (χ4v) is 2.41. The predicted octanol–water partition coefficient (Wildman–Crippen LogP) is 1.52. The van der Waals surface area contributed by atoms with Crippen LogP contribution >= 0.6 is 0 Å². The second-order valence-corrected chi connectivity index (χ2v) is 5.29. The standard InChI is InChI=1S/C12H25N3O/c1-6-7-10-8-15(11(16)14(10)5)12(2,3)9-13-4/h10,13H,6-9H2,1-5H3. The first-order chi connectivity index (χ1) is 7.44. The summed E-state index contributed by atoms with van der Waals surface area (Å²) in [6.07, 6.45) is 2.22. The number of nitrogens with one attached hydrogen (secondary N) is 1. The molecule has 0 aromatic carbocycles. The van der Waals surface area contributed by atoms with Crippen molar-refractivity contribution >= 4 is 6.03 Å². The fraction of sp³-hybridized carbons (Fsp3) is 0.917. The highest BCUT2D eigenvalue weighted by molar-refractivity contribution is 5.77. The van der Waals surface area contributed by atoms with Crippen LogP contribution in [0.2, 0.25) is 0 Å². The van der Waals surface area contributed by atoms with Crippen LogP contribution in [0, 0.1) is 0 Å². The molecule has 4 nitrogen and oxygen atoms in total. The Morgan fingerprint density at radius 1 is 1.50 bits per heavy atom. The zero-order valence-corrected chi connectivity index (χ0v) is 11.2. The van der Waals surface area contributed by atoms with E-state index in [0.717, 1.165) is 25.9 Å². The summed E-state index contributed by atoms with van der Waals surface area (Å²) in [5.74, 6) is 0. The molecule has 1 saturated heterocycles. The van der Waals surface area contributed by atoms with Gasteiger partial charge in [-0.2, -0.15) is 0 Å². The Labute approximate surface area is 99.0 Å². The molecular formula is C12H25N3O. The molecule has 1 unspecified atom stereocenters. The van der Waals surface area contributed by atoms with E-state index >= 15 is 0 Å². The van der Waals surface area contributed by atoms with Crippen LogP contribution in [0.1, 0.15) is 33.6 Å². The van der Waals surface area contributed by atoms with Gasteiger partial charge in [0, 0.05) is 20.1 Å². The minimum Gasteiger partial charge on any atom is -0.323 e. The Kier molecular flexibility index (Phi) is 4.19. The summed E-state index contributed by atoms with van der Waals surface area (Å²) < 4.78 is 0. The van der Waals surface area contributed by atoms with Crippen LogP contribution in [0.15, 0.2) is 0 Å². The van der Waals surface area contributed by atoms with E-state index in [0.29, 0.717) is 6.04 Å². The first kappa shape index (κ1) is 13.3. The molecule has 16 heavy (non-hydrogen) atoms. The molecular weight excluding hydrogens is 202 g/mol. The Morgan fingerprint density at radius 3 is 2.62 bits per heavy atom. The van der Waals surface area contributed by atoms with Crippen molar-refractivity contribution in [2.24, 2.45) is 0 Å². The van der Waals surface area contributed by atoms with Gasteiger partial charge in [0.25, 0.3) is 0 Å². The van der Waals surface area contributed by atoms with Gasteiger partial charge in [-0.25, -0.2) is 4.79 Å². The molecule has 0 saturated carbocycles. The number of amides is 2. The molecule has 0 spiro atoms. The molecule has 1 atom stereocenters. The molecule has 2 amide bonds. The van der Waals surface area contributed by atoms with Gasteiger partial charge in [0.05, 0.1) is 11.6 Å². The van der Waals surface area contributed by atoms with Gasteiger partial charge in [-0.1, -0.05) is 13.3 Å². The molecule has 1 heterocycles. The zero-order chi connectivity index (χ0) is 12.3. The molecule has 0 aliphatic carbocycles. The van der Waals surface area contributed by atoms with Gasteiger partial charge in [0.1, 0.15) is 0 Å². The topological polar surface area (TPSA) is 35.6 Å². The SMILES string of the molecule is CCCC1CN(C(C)(C)CNC)C(=O)N1C. The molecule has 1 rings (SSSR count). The van der Waals surface area contributed by atoms with E-state index in [2.05, 4.69) is 26.1 Å². The van der Waals surface area contributed by atoms with Crippen LogP contribution in [-0.4, -0.2) is 54.6 Å². The molecule has 1 aliphatic rings. The molecule has 4 heteroatoms. The van der Waals surface area contributed by atoms with Gasteiger partial charge in [0.15, 0.2) is 0 Å². The van der Waals surface area contributed by atoms with Crippen LogP contribution in [-0.2, 0) is 0 Å². The van der Waals surface area contributed by atoms with Crippen molar-refractivity contribution in [2.75, 3.05) is 27.2 Å². The van der Waals surface area contributed by atoms with Gasteiger partial charge < -0.3 is 15.1 Å². The van der Waals surface area contributed by atoms with Crippen molar-refractivity contribution in [1.82, 2.24) is 15.1 Å². The third-order valence-corrected chi connectivity index (χ3v) is 3.44. The second kappa shape index (κ2) is 5.04. The maximum atomic E-state index is 12.1. The average molecular weight is 227 g/mol. The summed E-state index contributed by atoms with van der Waals surface area (Å²) in [4.78, 5) is 16.0. The normalized spacial score (nSPS) is 22.1. The van der Waals surface area contributed by atoms with E-state index in [9.17, 15) is 4.79 Å². The summed E-state index contributed by atoms with van der Waals surface area (Å²) in [5.41, 5.74) is -0.109. The lowest BCUT2D eigenvalue weighted by Crippen LogP contribution is -2.51. The van der Waals surface area contributed by atoms with Crippen molar-refractivity contribution < 1.29 is 4.79 Å². The van der Waals surface area contributed by atoms with Gasteiger partial charge in [-0.05, 0) is 27.3 Å². The maximum absolute atomic E-state index is 12.1. The largest absolute Gasteiger partial charge is 0.323 e. The Hall–Kier alpha value is -0.770. The van der Waals surface area contributed by atoms with Gasteiger partial charge in [0.2, 0.25) is 0 Å². The number of likely N-dealkylation sites (N-methyl/N-ethyl adjacent to an activating group) is 2. The number of nitrogens with zero attached hydrogens (tertiary/aromatic N) is 2. The minimum absolute atomic E-state index is 0.109. The number of carbonyl (C=O) groups is 1. The number of hydrogen-bond donors (Lipinski definition) is 1. The third-order valence-electron chi connectivity index (χ3n) is 3.44. The number of rotatable bonds is 5. The van der Waals surface area contributed by atoms with E-state index in [1.807, 2.05) is 23.9 Å². The van der Waals surface area contributed by atoms with Crippen LogP contribution in [0.25, 0.3) is 0 Å². The second-order valence-electron chi connectivity index (χ2n) is 5.29. The van der Waals surface area contributed by atoms with Crippen LogP contribution in [0.5, 0.6) is 0 Å². The Morgan fingerprint density at radius 2 is 2.12 bits per heavy atom. The highest BCUT2D eigenvalue weighted by Crippen LogP contribution is 2.25. The summed E-state index contributed by atoms with van der Waals surface area (Å²) in [5, 5.41) is 3.15. The van der Waals surface area contributed by atoms with Crippen LogP contribution < -0.4 is 5.32 Å². The van der Waals surface area contributed by atoms with Crippen molar-refractivity contribution in [2.45, 2.75) is 45.2 Å². The van der Waals surface area contributed by atoms with E-state index in [1.54, 1.807) is 0 Å². The molecule has 0 bridgehead atoms. The van der Waals surface area contributed by atoms with Crippen LogP contribution in [0.3, 0.4) is 0 Å². The van der Waals surface area contributed by atoms with Crippen molar-refractivity contribution in [3.05, 3.63) is 0 Å². The lowest BCUT2D eigenvalue weighted by atomic mass is 10.0. The van der Waals surface area contributed by atoms with E-state index < -0.39 is 0 Å². The van der Waals surface area contributed by atoms with Gasteiger partial charge >= 0.3 is 6.03 Å². The fourth-order valence-electron chi connectivity index (χ4n) is 2.41. The molecule has 94 valence electrons. The summed E-state index contributed by atoms with van der Waals surface area (Å²) in [7, 11) is 3.84. The first-order valence-corrected chi connectivity index (χ1v) is 6.13. The number of urea groups is 1. The molecule has 1 aliphatic heterocycles. The van der Waals surface area contributed by atoms with Crippen molar-refractivity contribution in [3.63, 3.8) is 0 Å². The predicted molar refractivity (Wildman–Crippen MR) is 66.6 cm³/mol. The Balaban J connectivity index is 2.73. The highest BCUT2D eigenvalue weighted by Gasteiger charge is 2.41. The Bertz CT molecular complexity index is 253. The molecule has 0 aromatic rings. The lowest BCUT2D eigenvalue weighted by molar-refractivity contribution is 0.149. The quantitative estimate of drug-likeness (QED) is 0.773. The lowest BCUT2D eigenvalue weighted by Gasteiger charge is -2.34. The van der Waals surface area contributed by atoms with Crippen LogP contribution in [0.4, 0.5) is 4.79 Å². The zero-order valence-electron chi connectivity index (χ0n) is 11.2. The van der Waals surface area contributed by atoms with Gasteiger partial charge in [-0.15, -0.1) is 0 Å². The van der Waals surface area contributed by atoms with E-state index in [4.69, 9.17) is 0 Å². The molecule has 0 radical (unpaired) electrons. The maximum Gasteiger partial charge on any atom is 0.320 e. The summed E-state index contributed by atoms with van der Waals surface area (Å²) in [6.45, 7) is 8.08. The molecule has 1 fully saturated rings.